The van der Waals surface area contributed by atoms with Crippen molar-refractivity contribution in [2.24, 2.45) is 0 Å². The van der Waals surface area contributed by atoms with Crippen LogP contribution in [0.25, 0.3) is 10.2 Å². The van der Waals surface area contributed by atoms with Gasteiger partial charge >= 0.3 is 0 Å². The number of methoxy groups -OCH3 is 1. The van der Waals surface area contributed by atoms with Crippen LogP contribution in [0, 0.1) is 13.8 Å². The minimum absolute atomic E-state index is 0.170. The van der Waals surface area contributed by atoms with Crippen molar-refractivity contribution in [3.63, 3.8) is 0 Å². The number of carbonyl (C=O) groups is 1. The SMILES string of the molecule is COc1cccc2sc(NC(=O)c3sc(C)nc3C)nc12. The molecule has 21 heavy (non-hydrogen) atoms. The summed E-state index contributed by atoms with van der Waals surface area (Å²) in [5.41, 5.74) is 1.51. The summed E-state index contributed by atoms with van der Waals surface area (Å²) in [5, 5.41) is 4.27. The molecule has 0 spiro atoms. The number of fused-ring (bicyclic) bond motifs is 1. The highest BCUT2D eigenvalue weighted by molar-refractivity contribution is 7.22. The molecule has 108 valence electrons. The van der Waals surface area contributed by atoms with Gasteiger partial charge in [-0.3, -0.25) is 10.1 Å². The number of anilines is 1. The molecule has 1 amide bonds. The van der Waals surface area contributed by atoms with Crippen LogP contribution >= 0.6 is 22.7 Å². The second-order valence-corrected chi connectivity index (χ2v) is 6.66. The predicted octanol–water partition coefficient (Wildman–Crippen LogP) is 3.63. The Balaban J connectivity index is 1.91. The fourth-order valence-electron chi connectivity index (χ4n) is 2.04. The number of benzene rings is 1. The van der Waals surface area contributed by atoms with Crippen LogP contribution in [-0.4, -0.2) is 23.0 Å². The van der Waals surface area contributed by atoms with Gasteiger partial charge in [0.1, 0.15) is 16.1 Å². The van der Waals surface area contributed by atoms with Gasteiger partial charge in [0, 0.05) is 0 Å². The van der Waals surface area contributed by atoms with Crippen molar-refractivity contribution in [1.29, 1.82) is 0 Å². The van der Waals surface area contributed by atoms with Gasteiger partial charge in [0.2, 0.25) is 0 Å². The van der Waals surface area contributed by atoms with E-state index in [-0.39, 0.29) is 5.91 Å². The standard InChI is InChI=1S/C14H13N3O2S2/c1-7-12(20-8(2)15-7)13(18)17-14-16-11-9(19-3)5-4-6-10(11)21-14/h4-6H,1-3H3,(H,16,17,18). The number of thiazole rings is 2. The molecule has 2 aromatic heterocycles. The molecular weight excluding hydrogens is 306 g/mol. The van der Waals surface area contributed by atoms with Crippen LogP contribution in [0.1, 0.15) is 20.4 Å². The number of nitrogens with zero attached hydrogens (tertiary/aromatic N) is 2. The number of nitrogens with one attached hydrogen (secondary N) is 1. The van der Waals surface area contributed by atoms with E-state index in [1.54, 1.807) is 7.11 Å². The highest BCUT2D eigenvalue weighted by atomic mass is 32.1. The normalized spacial score (nSPS) is 10.8. The number of ether oxygens (including phenoxy) is 1. The number of amides is 1. The molecule has 0 saturated heterocycles. The molecule has 7 heteroatoms. The largest absolute Gasteiger partial charge is 0.494 e. The van der Waals surface area contributed by atoms with Crippen LogP contribution in [0.4, 0.5) is 5.13 Å². The quantitative estimate of drug-likeness (QED) is 0.800. The Kier molecular flexibility index (Phi) is 3.60. The van der Waals surface area contributed by atoms with Crippen LogP contribution in [-0.2, 0) is 0 Å². The fourth-order valence-corrected chi connectivity index (χ4v) is 3.73. The maximum Gasteiger partial charge on any atom is 0.269 e. The zero-order chi connectivity index (χ0) is 15.0. The van der Waals surface area contributed by atoms with E-state index in [1.165, 1.54) is 22.7 Å². The van der Waals surface area contributed by atoms with E-state index in [0.717, 1.165) is 20.9 Å². The first-order chi connectivity index (χ1) is 10.1. The van der Waals surface area contributed by atoms with Gasteiger partial charge in [-0.2, -0.15) is 0 Å². The van der Waals surface area contributed by atoms with Crippen LogP contribution in [0.5, 0.6) is 5.75 Å². The van der Waals surface area contributed by atoms with Gasteiger partial charge in [-0.05, 0) is 26.0 Å². The molecule has 3 rings (SSSR count). The van der Waals surface area contributed by atoms with Crippen LogP contribution in [0.2, 0.25) is 0 Å². The molecule has 0 fully saturated rings. The Morgan fingerprint density at radius 2 is 2.05 bits per heavy atom. The molecule has 0 saturated carbocycles. The molecule has 0 unspecified atom stereocenters. The smallest absolute Gasteiger partial charge is 0.269 e. The lowest BCUT2D eigenvalue weighted by Crippen LogP contribution is -2.11. The first-order valence-corrected chi connectivity index (χ1v) is 7.90. The molecule has 1 N–H and O–H groups in total. The van der Waals surface area contributed by atoms with E-state index >= 15 is 0 Å². The molecule has 0 radical (unpaired) electrons. The maximum atomic E-state index is 12.3. The lowest BCUT2D eigenvalue weighted by Gasteiger charge is -1.99. The summed E-state index contributed by atoms with van der Waals surface area (Å²) in [6, 6.07) is 5.71. The first-order valence-electron chi connectivity index (χ1n) is 6.27. The average molecular weight is 319 g/mol. The molecule has 5 nitrogen and oxygen atoms in total. The van der Waals surface area contributed by atoms with E-state index in [9.17, 15) is 4.79 Å². The Labute approximate surface area is 129 Å². The molecule has 2 heterocycles. The van der Waals surface area contributed by atoms with E-state index in [0.29, 0.717) is 15.8 Å². The average Bonchev–Trinajstić information content (AvgIpc) is 3.00. The zero-order valence-electron chi connectivity index (χ0n) is 11.8. The third-order valence-corrected chi connectivity index (χ3v) is 4.94. The van der Waals surface area contributed by atoms with E-state index in [1.807, 2.05) is 32.0 Å². The summed E-state index contributed by atoms with van der Waals surface area (Å²) in [6.07, 6.45) is 0. The van der Waals surface area contributed by atoms with Gasteiger partial charge in [-0.15, -0.1) is 11.3 Å². The number of aromatic nitrogens is 2. The Bertz CT molecular complexity index is 823. The lowest BCUT2D eigenvalue weighted by molar-refractivity contribution is 0.103. The number of hydrogen-bond donors (Lipinski definition) is 1. The van der Waals surface area contributed by atoms with Crippen LogP contribution in [0.15, 0.2) is 18.2 Å². The summed E-state index contributed by atoms with van der Waals surface area (Å²) in [4.78, 5) is 21.6. The van der Waals surface area contributed by atoms with Crippen molar-refractivity contribution in [3.8, 4) is 5.75 Å². The van der Waals surface area contributed by atoms with Crippen LogP contribution in [0.3, 0.4) is 0 Å². The predicted molar refractivity (Wildman–Crippen MR) is 85.7 cm³/mol. The second-order valence-electron chi connectivity index (χ2n) is 4.43. The van der Waals surface area contributed by atoms with Crippen molar-refractivity contribution < 1.29 is 9.53 Å². The molecule has 0 aliphatic heterocycles. The van der Waals surface area contributed by atoms with E-state index in [4.69, 9.17) is 4.74 Å². The van der Waals surface area contributed by atoms with Gasteiger partial charge in [0.25, 0.3) is 5.91 Å². The molecule has 3 aromatic rings. The summed E-state index contributed by atoms with van der Waals surface area (Å²) in [5.74, 6) is 0.533. The summed E-state index contributed by atoms with van der Waals surface area (Å²) in [6.45, 7) is 3.72. The van der Waals surface area contributed by atoms with Gasteiger partial charge in [-0.25, -0.2) is 9.97 Å². The topological polar surface area (TPSA) is 64.1 Å². The molecule has 0 aliphatic rings. The number of para-hydroxylation sites is 1. The van der Waals surface area contributed by atoms with Gasteiger partial charge in [0.15, 0.2) is 5.13 Å². The van der Waals surface area contributed by atoms with Crippen molar-refractivity contribution in [2.75, 3.05) is 12.4 Å². The number of aryl methyl sites for hydroxylation is 2. The van der Waals surface area contributed by atoms with Crippen molar-refractivity contribution >= 4 is 43.9 Å². The summed E-state index contributed by atoms with van der Waals surface area (Å²) in [7, 11) is 1.61. The molecule has 0 aliphatic carbocycles. The summed E-state index contributed by atoms with van der Waals surface area (Å²) < 4.78 is 6.25. The highest BCUT2D eigenvalue weighted by Gasteiger charge is 2.16. The number of hydrogen-bond acceptors (Lipinski definition) is 6. The minimum Gasteiger partial charge on any atom is -0.494 e. The number of rotatable bonds is 3. The molecular formula is C14H13N3O2S2. The maximum absolute atomic E-state index is 12.3. The van der Waals surface area contributed by atoms with E-state index in [2.05, 4.69) is 15.3 Å². The fraction of sp³-hybridized carbons (Fsp3) is 0.214. The van der Waals surface area contributed by atoms with E-state index < -0.39 is 0 Å². The summed E-state index contributed by atoms with van der Waals surface area (Å²) >= 11 is 2.81. The molecule has 1 aromatic carbocycles. The Hall–Kier alpha value is -1.99. The lowest BCUT2D eigenvalue weighted by atomic mass is 10.3. The molecule has 0 bridgehead atoms. The first kappa shape index (κ1) is 14.0. The van der Waals surface area contributed by atoms with Crippen molar-refractivity contribution in [1.82, 2.24) is 9.97 Å². The van der Waals surface area contributed by atoms with Crippen molar-refractivity contribution in [3.05, 3.63) is 33.8 Å². The Morgan fingerprint density at radius 3 is 2.71 bits per heavy atom. The van der Waals surface area contributed by atoms with Gasteiger partial charge in [0.05, 0.1) is 22.5 Å². The minimum atomic E-state index is -0.170. The van der Waals surface area contributed by atoms with Gasteiger partial charge < -0.3 is 4.74 Å². The third kappa shape index (κ3) is 2.62. The van der Waals surface area contributed by atoms with Crippen molar-refractivity contribution in [2.45, 2.75) is 13.8 Å². The van der Waals surface area contributed by atoms with Crippen LogP contribution < -0.4 is 10.1 Å². The third-order valence-electron chi connectivity index (χ3n) is 2.93. The zero-order valence-corrected chi connectivity index (χ0v) is 13.4. The molecule has 0 atom stereocenters. The highest BCUT2D eigenvalue weighted by Crippen LogP contribution is 2.32. The van der Waals surface area contributed by atoms with Gasteiger partial charge in [-0.1, -0.05) is 17.4 Å². The second kappa shape index (κ2) is 5.42. The Morgan fingerprint density at radius 1 is 1.24 bits per heavy atom. The monoisotopic (exact) mass is 319 g/mol. The number of carbonyl (C=O) groups excluding carboxylic acids is 1.